The second kappa shape index (κ2) is 21.0. The van der Waals surface area contributed by atoms with Crippen LogP contribution in [0.25, 0.3) is 0 Å². The molecular weight excluding hydrogens is 384 g/mol. The van der Waals surface area contributed by atoms with Crippen molar-refractivity contribution in [3.63, 3.8) is 0 Å². The number of nitrogens with zero attached hydrogens (tertiary/aromatic N) is 1. The van der Waals surface area contributed by atoms with Crippen LogP contribution < -0.4 is 0 Å². The van der Waals surface area contributed by atoms with Gasteiger partial charge in [0.25, 0.3) is 0 Å². The van der Waals surface area contributed by atoms with Crippen molar-refractivity contribution in [3.8, 4) is 0 Å². The monoisotopic (exact) mass is 409 g/mol. The summed E-state index contributed by atoms with van der Waals surface area (Å²) in [7, 11) is -8.58. The van der Waals surface area contributed by atoms with Gasteiger partial charge in [-0.25, -0.2) is 0 Å². The molecule has 0 atom stereocenters. The summed E-state index contributed by atoms with van der Waals surface area (Å²) in [6, 6.07) is 0. The summed E-state index contributed by atoms with van der Waals surface area (Å²) in [5.74, 6) is 0. The smallest absolute Gasteiger partial charge is 0.324 e. The first kappa shape index (κ1) is 37.9. The number of unbranched alkanes of at least 4 members (excludes halogenated alkanes) is 5. The van der Waals surface area contributed by atoms with E-state index in [1.54, 1.807) is 0 Å². The molecule has 7 nitrogen and oxygen atoms in total. The van der Waals surface area contributed by atoms with E-state index in [4.69, 9.17) is 19.6 Å². The van der Waals surface area contributed by atoms with Crippen molar-refractivity contribution in [2.75, 3.05) is 19.1 Å². The maximum Gasteiger partial charge on any atom is 0.339 e. The van der Waals surface area contributed by atoms with Gasteiger partial charge in [0.1, 0.15) is 12.6 Å². The zero-order chi connectivity index (χ0) is 14.9. The molecule has 0 bridgehead atoms. The van der Waals surface area contributed by atoms with E-state index in [1.165, 1.54) is 0 Å². The van der Waals surface area contributed by atoms with Crippen LogP contribution in [0.3, 0.4) is 0 Å². The molecule has 0 amide bonds. The Balaban J connectivity index is -0.000000270. The van der Waals surface area contributed by atoms with Crippen LogP contribution in [0, 0.1) is 0 Å². The zero-order valence-electron chi connectivity index (χ0n) is 15.3. The van der Waals surface area contributed by atoms with Crippen molar-refractivity contribution in [2.24, 2.45) is 0 Å². The molecule has 0 heterocycles. The first-order valence-corrected chi connectivity index (χ1v) is 10.0. The van der Waals surface area contributed by atoms with Gasteiger partial charge in [0, 0.05) is 118 Å². The molecule has 4 N–H and O–H groups in total. The maximum atomic E-state index is 10.9. The predicted molar refractivity (Wildman–Crippen MR) is 96.9 cm³/mol. The minimum atomic E-state index is -4.29. The fourth-order valence-electron chi connectivity index (χ4n) is 1.82. The molecular formula is C10H25NNa4O6P2. The Morgan fingerprint density at radius 2 is 1.04 bits per heavy atom. The summed E-state index contributed by atoms with van der Waals surface area (Å²) in [5.41, 5.74) is 0. The molecule has 13 heteroatoms. The van der Waals surface area contributed by atoms with Gasteiger partial charge in [0.05, 0.1) is 0 Å². The molecule has 0 aliphatic heterocycles. The van der Waals surface area contributed by atoms with E-state index >= 15 is 0 Å². The molecule has 4 radical (unpaired) electrons. The standard InChI is InChI=1S/C10H25NO6P2.4Na/c1-2-3-4-5-6-7-8-11(9-18(12,13)14)10-19(15,16)17;;;;/h2-10H2,1H3,(H2,12,13,14)(H2,15,16,17);;;;. The van der Waals surface area contributed by atoms with Gasteiger partial charge < -0.3 is 19.6 Å². The van der Waals surface area contributed by atoms with E-state index < -0.39 is 27.8 Å². The number of hydrogen-bond donors (Lipinski definition) is 4. The largest absolute Gasteiger partial charge is 0.339 e. The van der Waals surface area contributed by atoms with E-state index in [0.717, 1.165) is 37.0 Å². The molecule has 120 valence electrons. The summed E-state index contributed by atoms with van der Waals surface area (Å²) in [6.45, 7) is 2.41. The molecule has 0 fully saturated rings. The van der Waals surface area contributed by atoms with Gasteiger partial charge in [-0.15, -0.1) is 0 Å². The van der Waals surface area contributed by atoms with E-state index in [-0.39, 0.29) is 118 Å². The van der Waals surface area contributed by atoms with Crippen molar-refractivity contribution in [1.82, 2.24) is 4.90 Å². The Hall–Kier alpha value is 4.26. The third-order valence-electron chi connectivity index (χ3n) is 2.60. The van der Waals surface area contributed by atoms with Gasteiger partial charge in [-0.1, -0.05) is 39.0 Å². The summed E-state index contributed by atoms with van der Waals surface area (Å²) in [4.78, 5) is 36.7. The molecule has 0 aromatic carbocycles. The molecule has 0 spiro atoms. The Morgan fingerprint density at radius 3 is 1.39 bits per heavy atom. The fraction of sp³-hybridized carbons (Fsp3) is 1.00. The van der Waals surface area contributed by atoms with Crippen LogP contribution in [0.5, 0.6) is 0 Å². The van der Waals surface area contributed by atoms with Crippen molar-refractivity contribution in [1.29, 1.82) is 0 Å². The predicted octanol–water partition coefficient (Wildman–Crippen LogP) is 0.396. The van der Waals surface area contributed by atoms with Crippen LogP contribution in [0.4, 0.5) is 0 Å². The van der Waals surface area contributed by atoms with Gasteiger partial charge in [0.15, 0.2) is 0 Å². The maximum absolute atomic E-state index is 10.9. The van der Waals surface area contributed by atoms with E-state index in [0.29, 0.717) is 13.0 Å². The van der Waals surface area contributed by atoms with Crippen molar-refractivity contribution < 1.29 is 28.7 Å². The molecule has 0 rings (SSSR count). The topological polar surface area (TPSA) is 118 Å². The normalized spacial score (nSPS) is 10.9. The molecule has 0 aromatic heterocycles. The van der Waals surface area contributed by atoms with Gasteiger partial charge in [-0.3, -0.25) is 14.0 Å². The van der Waals surface area contributed by atoms with Crippen LogP contribution in [0.2, 0.25) is 0 Å². The average molecular weight is 409 g/mol. The first-order chi connectivity index (χ1) is 8.64. The van der Waals surface area contributed by atoms with E-state index in [1.807, 2.05) is 0 Å². The number of hydrogen-bond acceptors (Lipinski definition) is 3. The Morgan fingerprint density at radius 1 is 0.696 bits per heavy atom. The summed E-state index contributed by atoms with van der Waals surface area (Å²) >= 11 is 0. The van der Waals surface area contributed by atoms with Crippen LogP contribution >= 0.6 is 15.2 Å². The minimum absolute atomic E-state index is 0. The Labute approximate surface area is 228 Å². The molecule has 0 aromatic rings. The Bertz CT molecular complexity index is 317. The molecule has 0 aliphatic rings. The van der Waals surface area contributed by atoms with Gasteiger partial charge in [-0.05, 0) is 13.0 Å². The van der Waals surface area contributed by atoms with Gasteiger partial charge in [0.2, 0.25) is 0 Å². The van der Waals surface area contributed by atoms with Crippen molar-refractivity contribution in [3.05, 3.63) is 0 Å². The third kappa shape index (κ3) is 31.2. The van der Waals surface area contributed by atoms with E-state index in [9.17, 15) is 9.13 Å². The van der Waals surface area contributed by atoms with Crippen LogP contribution in [-0.4, -0.2) is 162 Å². The third-order valence-corrected chi connectivity index (χ3v) is 4.13. The average Bonchev–Trinajstić information content (AvgIpc) is 2.18. The fourth-order valence-corrected chi connectivity index (χ4v) is 3.51. The van der Waals surface area contributed by atoms with E-state index in [2.05, 4.69) is 6.92 Å². The summed E-state index contributed by atoms with van der Waals surface area (Å²) in [5, 5.41) is 0. The first-order valence-electron chi connectivity index (χ1n) is 6.45. The van der Waals surface area contributed by atoms with Gasteiger partial charge in [-0.2, -0.15) is 0 Å². The molecule has 0 unspecified atom stereocenters. The second-order valence-electron chi connectivity index (χ2n) is 4.77. The van der Waals surface area contributed by atoms with Crippen molar-refractivity contribution in [2.45, 2.75) is 45.4 Å². The van der Waals surface area contributed by atoms with Crippen molar-refractivity contribution >= 4 is 133 Å². The molecule has 0 aliphatic carbocycles. The SMILES string of the molecule is CCCCCCCCN(CP(=O)(O)O)CP(=O)(O)O.[Na].[Na].[Na].[Na]. The Kier molecular flexibility index (Phi) is 34.6. The molecule has 0 saturated carbocycles. The molecule has 23 heavy (non-hydrogen) atoms. The van der Waals surface area contributed by atoms with Crippen LogP contribution in [0.15, 0.2) is 0 Å². The minimum Gasteiger partial charge on any atom is -0.324 e. The van der Waals surface area contributed by atoms with Gasteiger partial charge >= 0.3 is 15.2 Å². The second-order valence-corrected chi connectivity index (χ2v) is 8.00. The summed E-state index contributed by atoms with van der Waals surface area (Å²) in [6.07, 6.45) is 4.83. The van der Waals surface area contributed by atoms with Crippen LogP contribution in [-0.2, 0) is 9.13 Å². The van der Waals surface area contributed by atoms with Crippen LogP contribution in [0.1, 0.15) is 45.4 Å². The summed E-state index contributed by atoms with van der Waals surface area (Å²) < 4.78 is 21.8. The zero-order valence-corrected chi connectivity index (χ0v) is 25.1. The molecule has 0 saturated heterocycles. The number of rotatable bonds is 11. The quantitative estimate of drug-likeness (QED) is 0.222.